The zero-order valence-electron chi connectivity index (χ0n) is 17.0. The average molecular weight is 397 g/mol. The van der Waals surface area contributed by atoms with E-state index in [1.165, 1.54) is 11.1 Å². The Hall–Kier alpha value is -3.73. The van der Waals surface area contributed by atoms with Crippen molar-refractivity contribution in [2.75, 3.05) is 5.32 Å². The molecule has 4 rings (SSSR count). The quantitative estimate of drug-likeness (QED) is 0.425. The van der Waals surface area contributed by atoms with Crippen LogP contribution in [0.25, 0.3) is 22.4 Å². The van der Waals surface area contributed by atoms with Crippen LogP contribution in [0.15, 0.2) is 66.7 Å². The second-order valence-corrected chi connectivity index (χ2v) is 7.45. The summed E-state index contributed by atoms with van der Waals surface area (Å²) in [5.41, 5.74) is 6.65. The molecule has 0 radical (unpaired) electrons. The lowest BCUT2D eigenvalue weighted by Crippen LogP contribution is -2.13. The van der Waals surface area contributed by atoms with Gasteiger partial charge in [-0.2, -0.15) is 0 Å². The summed E-state index contributed by atoms with van der Waals surface area (Å²) in [7, 11) is 0. The van der Waals surface area contributed by atoms with E-state index in [0.29, 0.717) is 11.3 Å². The standard InChI is InChI=1S/C25H23N3O2/c1-16-14-21-22(15-17(16)2)28-25(27-21)19-8-10-20(11-9-19)26-24(30)13-12-23(29)18-6-4-3-5-7-18/h3-11,14-15H,12-13H2,1-2H3,(H,26,30)(H,27,28). The van der Waals surface area contributed by atoms with Crippen molar-refractivity contribution in [3.8, 4) is 11.4 Å². The molecule has 0 aliphatic carbocycles. The van der Waals surface area contributed by atoms with Gasteiger partial charge in [0, 0.05) is 29.7 Å². The van der Waals surface area contributed by atoms with Crippen LogP contribution in [0, 0.1) is 13.8 Å². The number of aromatic nitrogens is 2. The number of benzene rings is 3. The number of amides is 1. The molecule has 4 aromatic rings. The van der Waals surface area contributed by atoms with Crippen LogP contribution in [0.1, 0.15) is 34.3 Å². The number of aromatic amines is 1. The Morgan fingerprint density at radius 2 is 1.60 bits per heavy atom. The molecule has 3 aromatic carbocycles. The van der Waals surface area contributed by atoms with Crippen LogP contribution in [0.2, 0.25) is 0 Å². The second kappa shape index (κ2) is 8.33. The molecule has 0 atom stereocenters. The van der Waals surface area contributed by atoms with Gasteiger partial charge in [0.15, 0.2) is 5.78 Å². The third kappa shape index (κ3) is 4.30. The molecule has 0 unspecified atom stereocenters. The van der Waals surface area contributed by atoms with Crippen molar-refractivity contribution in [3.05, 3.63) is 83.4 Å². The van der Waals surface area contributed by atoms with Crippen molar-refractivity contribution in [1.29, 1.82) is 0 Å². The minimum absolute atomic E-state index is 0.0311. The Morgan fingerprint density at radius 1 is 0.900 bits per heavy atom. The van der Waals surface area contributed by atoms with E-state index in [9.17, 15) is 9.59 Å². The number of rotatable bonds is 6. The summed E-state index contributed by atoms with van der Waals surface area (Å²) in [4.78, 5) is 32.4. The molecular weight excluding hydrogens is 374 g/mol. The average Bonchev–Trinajstić information content (AvgIpc) is 3.16. The van der Waals surface area contributed by atoms with Crippen LogP contribution < -0.4 is 5.32 Å². The lowest BCUT2D eigenvalue weighted by molar-refractivity contribution is -0.116. The van der Waals surface area contributed by atoms with Gasteiger partial charge in [-0.3, -0.25) is 9.59 Å². The molecule has 0 aliphatic heterocycles. The first-order valence-corrected chi connectivity index (χ1v) is 9.95. The summed E-state index contributed by atoms with van der Waals surface area (Å²) < 4.78 is 0. The monoisotopic (exact) mass is 397 g/mol. The summed E-state index contributed by atoms with van der Waals surface area (Å²) in [5, 5.41) is 2.85. The Balaban J connectivity index is 1.39. The van der Waals surface area contributed by atoms with Gasteiger partial charge >= 0.3 is 0 Å². The number of ketones is 1. The molecule has 1 heterocycles. The Bertz CT molecular complexity index is 1170. The highest BCUT2D eigenvalue weighted by atomic mass is 16.2. The summed E-state index contributed by atoms with van der Waals surface area (Å²) in [6.45, 7) is 4.16. The van der Waals surface area contributed by atoms with E-state index in [4.69, 9.17) is 0 Å². The van der Waals surface area contributed by atoms with Crippen molar-refractivity contribution in [2.45, 2.75) is 26.7 Å². The summed E-state index contributed by atoms with van der Waals surface area (Å²) in [6, 6.07) is 20.7. The number of carbonyl (C=O) groups excluding carboxylic acids is 2. The number of carbonyl (C=O) groups is 2. The van der Waals surface area contributed by atoms with Crippen molar-refractivity contribution in [3.63, 3.8) is 0 Å². The molecule has 0 aliphatic rings. The van der Waals surface area contributed by atoms with E-state index >= 15 is 0 Å². The van der Waals surface area contributed by atoms with Crippen LogP contribution in [0.5, 0.6) is 0 Å². The molecular formula is C25H23N3O2. The second-order valence-electron chi connectivity index (χ2n) is 7.45. The summed E-state index contributed by atoms with van der Waals surface area (Å²) >= 11 is 0. The van der Waals surface area contributed by atoms with Gasteiger partial charge in [0.25, 0.3) is 0 Å². The van der Waals surface area contributed by atoms with Crippen LogP contribution >= 0.6 is 0 Å². The highest BCUT2D eigenvalue weighted by Gasteiger charge is 2.10. The number of nitrogens with zero attached hydrogens (tertiary/aromatic N) is 1. The van der Waals surface area contributed by atoms with E-state index in [-0.39, 0.29) is 24.5 Å². The number of Topliss-reactive ketones (excluding diaryl/α,β-unsaturated/α-hetero) is 1. The third-order valence-corrected chi connectivity index (χ3v) is 5.21. The predicted molar refractivity (Wildman–Crippen MR) is 120 cm³/mol. The van der Waals surface area contributed by atoms with Gasteiger partial charge in [-0.1, -0.05) is 30.3 Å². The lowest BCUT2D eigenvalue weighted by Gasteiger charge is -2.06. The fraction of sp³-hybridized carbons (Fsp3) is 0.160. The molecule has 30 heavy (non-hydrogen) atoms. The van der Waals surface area contributed by atoms with Crippen LogP contribution in [0.3, 0.4) is 0 Å². The summed E-state index contributed by atoms with van der Waals surface area (Å²) in [6.07, 6.45) is 0.337. The van der Waals surface area contributed by atoms with Crippen molar-refractivity contribution >= 4 is 28.4 Å². The van der Waals surface area contributed by atoms with Gasteiger partial charge in [-0.15, -0.1) is 0 Å². The normalized spacial score (nSPS) is 10.9. The fourth-order valence-electron chi connectivity index (χ4n) is 3.34. The molecule has 150 valence electrons. The highest BCUT2D eigenvalue weighted by molar-refractivity contribution is 6.00. The van der Waals surface area contributed by atoms with Crippen molar-refractivity contribution < 1.29 is 9.59 Å². The van der Waals surface area contributed by atoms with E-state index in [2.05, 4.69) is 41.3 Å². The first-order valence-electron chi connectivity index (χ1n) is 9.95. The number of hydrogen-bond donors (Lipinski definition) is 2. The van der Waals surface area contributed by atoms with E-state index in [1.807, 2.05) is 42.5 Å². The molecule has 0 saturated heterocycles. The number of fused-ring (bicyclic) bond motifs is 1. The molecule has 5 nitrogen and oxygen atoms in total. The molecule has 0 bridgehead atoms. The van der Waals surface area contributed by atoms with Crippen LogP contribution in [0.4, 0.5) is 5.69 Å². The third-order valence-electron chi connectivity index (χ3n) is 5.21. The Morgan fingerprint density at radius 3 is 2.33 bits per heavy atom. The van der Waals surface area contributed by atoms with Gasteiger partial charge in [-0.05, 0) is 61.4 Å². The maximum atomic E-state index is 12.2. The fourth-order valence-corrected chi connectivity index (χ4v) is 3.34. The molecule has 0 spiro atoms. The Kier molecular flexibility index (Phi) is 5.44. The Labute approximate surface area is 175 Å². The number of aryl methyl sites for hydroxylation is 2. The van der Waals surface area contributed by atoms with Gasteiger partial charge in [0.2, 0.25) is 5.91 Å². The van der Waals surface area contributed by atoms with Gasteiger partial charge in [0.05, 0.1) is 11.0 Å². The minimum Gasteiger partial charge on any atom is -0.338 e. The number of anilines is 1. The topological polar surface area (TPSA) is 74.8 Å². The zero-order chi connectivity index (χ0) is 21.1. The molecule has 5 heteroatoms. The van der Waals surface area contributed by atoms with Crippen LogP contribution in [-0.4, -0.2) is 21.7 Å². The van der Waals surface area contributed by atoms with Gasteiger partial charge < -0.3 is 10.3 Å². The van der Waals surface area contributed by atoms with Gasteiger partial charge in [0.1, 0.15) is 5.82 Å². The minimum atomic E-state index is -0.179. The highest BCUT2D eigenvalue weighted by Crippen LogP contribution is 2.24. The zero-order valence-corrected chi connectivity index (χ0v) is 17.0. The molecule has 1 aromatic heterocycles. The number of nitrogens with one attached hydrogen (secondary N) is 2. The number of imidazole rings is 1. The smallest absolute Gasteiger partial charge is 0.224 e. The molecule has 0 saturated carbocycles. The largest absolute Gasteiger partial charge is 0.338 e. The maximum Gasteiger partial charge on any atom is 0.224 e. The van der Waals surface area contributed by atoms with E-state index in [0.717, 1.165) is 22.4 Å². The SMILES string of the molecule is Cc1cc2nc(-c3ccc(NC(=O)CCC(=O)c4ccccc4)cc3)[nH]c2cc1C. The van der Waals surface area contributed by atoms with Crippen molar-refractivity contribution in [1.82, 2.24) is 9.97 Å². The first kappa shape index (κ1) is 19.6. The maximum absolute atomic E-state index is 12.2. The van der Waals surface area contributed by atoms with E-state index in [1.54, 1.807) is 12.1 Å². The van der Waals surface area contributed by atoms with Crippen LogP contribution in [-0.2, 0) is 4.79 Å². The molecule has 1 amide bonds. The van der Waals surface area contributed by atoms with Crippen molar-refractivity contribution in [2.24, 2.45) is 0 Å². The number of hydrogen-bond acceptors (Lipinski definition) is 3. The molecule has 0 fully saturated rings. The number of H-pyrrole nitrogens is 1. The molecule has 2 N–H and O–H groups in total. The first-order chi connectivity index (χ1) is 14.5. The van der Waals surface area contributed by atoms with Gasteiger partial charge in [-0.25, -0.2) is 4.98 Å². The summed E-state index contributed by atoms with van der Waals surface area (Å²) in [5.74, 6) is 0.583. The predicted octanol–water partition coefficient (Wildman–Crippen LogP) is 5.45. The van der Waals surface area contributed by atoms with E-state index < -0.39 is 0 Å². The lowest BCUT2D eigenvalue weighted by atomic mass is 10.1.